The molecule has 3 rings (SSSR count). The van der Waals surface area contributed by atoms with Gasteiger partial charge in [-0.1, -0.05) is 35.9 Å². The van der Waals surface area contributed by atoms with Crippen molar-refractivity contribution in [1.82, 2.24) is 9.55 Å². The Labute approximate surface area is 120 Å². The van der Waals surface area contributed by atoms with Crippen molar-refractivity contribution < 1.29 is 4.79 Å². The Hall–Kier alpha value is -2.33. The van der Waals surface area contributed by atoms with Gasteiger partial charge in [0.2, 0.25) is 5.91 Å². The highest BCUT2D eigenvalue weighted by Crippen LogP contribution is 2.29. The average Bonchev–Trinajstić information content (AvgIpc) is 2.78. The van der Waals surface area contributed by atoms with Crippen molar-refractivity contribution in [1.29, 1.82) is 0 Å². The third-order valence-corrected chi connectivity index (χ3v) is 3.41. The van der Waals surface area contributed by atoms with Gasteiger partial charge in [0, 0.05) is 5.56 Å². The Balaban J connectivity index is 2.29. The molecule has 1 amide bonds. The SMILES string of the molecule is NC(=O)Cn1c(-c2ccccc2Cl)nc2ccccc21. The minimum Gasteiger partial charge on any atom is -0.368 e. The van der Waals surface area contributed by atoms with E-state index in [4.69, 9.17) is 17.3 Å². The van der Waals surface area contributed by atoms with Crippen molar-refractivity contribution in [2.24, 2.45) is 5.73 Å². The van der Waals surface area contributed by atoms with Crippen molar-refractivity contribution in [3.8, 4) is 11.4 Å². The van der Waals surface area contributed by atoms with Gasteiger partial charge in [0.25, 0.3) is 0 Å². The fourth-order valence-electron chi connectivity index (χ4n) is 2.24. The molecule has 100 valence electrons. The fourth-order valence-corrected chi connectivity index (χ4v) is 2.46. The number of aromatic nitrogens is 2. The number of hydrogen-bond acceptors (Lipinski definition) is 2. The molecule has 2 N–H and O–H groups in total. The van der Waals surface area contributed by atoms with E-state index in [1.54, 1.807) is 10.6 Å². The van der Waals surface area contributed by atoms with Gasteiger partial charge in [-0.15, -0.1) is 0 Å². The molecule has 0 aliphatic rings. The molecule has 0 fully saturated rings. The molecule has 3 aromatic rings. The van der Waals surface area contributed by atoms with Gasteiger partial charge in [0.15, 0.2) is 0 Å². The second-order valence-corrected chi connectivity index (χ2v) is 4.86. The van der Waals surface area contributed by atoms with Crippen molar-refractivity contribution >= 4 is 28.5 Å². The van der Waals surface area contributed by atoms with Crippen LogP contribution < -0.4 is 5.73 Å². The van der Waals surface area contributed by atoms with Gasteiger partial charge in [-0.2, -0.15) is 0 Å². The normalized spacial score (nSPS) is 10.8. The largest absolute Gasteiger partial charge is 0.368 e. The van der Waals surface area contributed by atoms with E-state index in [0.29, 0.717) is 10.8 Å². The van der Waals surface area contributed by atoms with Crippen molar-refractivity contribution in [2.75, 3.05) is 0 Å². The Morgan fingerprint density at radius 3 is 2.60 bits per heavy atom. The summed E-state index contributed by atoms with van der Waals surface area (Å²) >= 11 is 6.23. The summed E-state index contributed by atoms with van der Waals surface area (Å²) in [6, 6.07) is 15.0. The molecule has 2 aromatic carbocycles. The number of benzene rings is 2. The first-order valence-electron chi connectivity index (χ1n) is 6.15. The highest BCUT2D eigenvalue weighted by molar-refractivity contribution is 6.33. The molecule has 5 heteroatoms. The number of rotatable bonds is 3. The van der Waals surface area contributed by atoms with Crippen LogP contribution in [0.5, 0.6) is 0 Å². The van der Waals surface area contributed by atoms with Crippen LogP contribution in [0.2, 0.25) is 5.02 Å². The third kappa shape index (κ3) is 2.14. The first kappa shape index (κ1) is 12.7. The smallest absolute Gasteiger partial charge is 0.237 e. The maximum Gasteiger partial charge on any atom is 0.237 e. The lowest BCUT2D eigenvalue weighted by Crippen LogP contribution is -2.19. The first-order valence-corrected chi connectivity index (χ1v) is 6.53. The number of amides is 1. The molecule has 0 aliphatic carbocycles. The molecule has 4 nitrogen and oxygen atoms in total. The zero-order valence-corrected chi connectivity index (χ0v) is 11.3. The van der Waals surface area contributed by atoms with Gasteiger partial charge in [-0.25, -0.2) is 4.98 Å². The lowest BCUT2D eigenvalue weighted by Gasteiger charge is -2.08. The van der Waals surface area contributed by atoms with Crippen molar-refractivity contribution in [3.05, 3.63) is 53.6 Å². The van der Waals surface area contributed by atoms with Gasteiger partial charge in [-0.05, 0) is 24.3 Å². The summed E-state index contributed by atoms with van der Waals surface area (Å²) in [6.45, 7) is 0.0705. The van der Waals surface area contributed by atoms with Gasteiger partial charge >= 0.3 is 0 Å². The predicted molar refractivity (Wildman–Crippen MR) is 79.4 cm³/mol. The van der Waals surface area contributed by atoms with E-state index in [1.165, 1.54) is 0 Å². The third-order valence-electron chi connectivity index (χ3n) is 3.08. The van der Waals surface area contributed by atoms with Gasteiger partial charge in [-0.3, -0.25) is 4.79 Å². The standard InChI is InChI=1S/C15H12ClN3O/c16-11-6-2-1-5-10(11)15-18-12-7-3-4-8-13(12)19(15)9-14(17)20/h1-8H,9H2,(H2,17,20). The fraction of sp³-hybridized carbons (Fsp3) is 0.0667. The Kier molecular flexibility index (Phi) is 3.16. The number of primary amides is 1. The van der Waals surface area contributed by atoms with Crippen LogP contribution in [0.3, 0.4) is 0 Å². The molecular weight excluding hydrogens is 274 g/mol. The topological polar surface area (TPSA) is 60.9 Å². The number of halogens is 1. The zero-order chi connectivity index (χ0) is 14.1. The second-order valence-electron chi connectivity index (χ2n) is 4.46. The molecule has 0 saturated heterocycles. The van der Waals surface area contributed by atoms with E-state index < -0.39 is 5.91 Å². The molecule has 0 saturated carbocycles. The van der Waals surface area contributed by atoms with Crippen LogP contribution >= 0.6 is 11.6 Å². The van der Waals surface area contributed by atoms with Gasteiger partial charge < -0.3 is 10.3 Å². The van der Waals surface area contributed by atoms with Crippen LogP contribution in [0, 0.1) is 0 Å². The quantitative estimate of drug-likeness (QED) is 0.804. The summed E-state index contributed by atoms with van der Waals surface area (Å²) in [5.41, 5.74) is 7.79. The molecule has 20 heavy (non-hydrogen) atoms. The monoisotopic (exact) mass is 285 g/mol. The number of nitrogens with two attached hydrogens (primary N) is 1. The molecule has 1 aromatic heterocycles. The number of carbonyl (C=O) groups is 1. The summed E-state index contributed by atoms with van der Waals surface area (Å²) < 4.78 is 1.79. The molecule has 0 radical (unpaired) electrons. The lowest BCUT2D eigenvalue weighted by molar-refractivity contribution is -0.118. The van der Waals surface area contributed by atoms with E-state index in [9.17, 15) is 4.79 Å². The molecular formula is C15H12ClN3O. The van der Waals surface area contributed by atoms with Crippen LogP contribution in [0.15, 0.2) is 48.5 Å². The predicted octanol–water partition coefficient (Wildman–Crippen LogP) is 2.84. The molecule has 1 heterocycles. The lowest BCUT2D eigenvalue weighted by atomic mass is 10.2. The van der Waals surface area contributed by atoms with E-state index in [2.05, 4.69) is 4.98 Å². The number of nitrogens with zero attached hydrogens (tertiary/aromatic N) is 2. The van der Waals surface area contributed by atoms with E-state index in [-0.39, 0.29) is 6.54 Å². The van der Waals surface area contributed by atoms with Gasteiger partial charge in [0.05, 0.1) is 16.1 Å². The van der Waals surface area contributed by atoms with Crippen molar-refractivity contribution in [3.63, 3.8) is 0 Å². The van der Waals surface area contributed by atoms with Crippen LogP contribution in [0.25, 0.3) is 22.4 Å². The van der Waals surface area contributed by atoms with Crippen molar-refractivity contribution in [2.45, 2.75) is 6.54 Å². The summed E-state index contributed by atoms with van der Waals surface area (Å²) in [5.74, 6) is 0.233. The van der Waals surface area contributed by atoms with Crippen LogP contribution in [0.1, 0.15) is 0 Å². The summed E-state index contributed by atoms with van der Waals surface area (Å²) in [7, 11) is 0. The Bertz CT molecular complexity index is 795. The number of carbonyl (C=O) groups excluding carboxylic acids is 1. The molecule has 0 spiro atoms. The van der Waals surface area contributed by atoms with Crippen LogP contribution in [-0.2, 0) is 11.3 Å². The molecule has 0 unspecified atom stereocenters. The van der Waals surface area contributed by atoms with Crippen LogP contribution in [-0.4, -0.2) is 15.5 Å². The summed E-state index contributed by atoms with van der Waals surface area (Å²) in [5, 5.41) is 0.591. The highest BCUT2D eigenvalue weighted by atomic mass is 35.5. The minimum absolute atomic E-state index is 0.0705. The van der Waals surface area contributed by atoms with Crippen LogP contribution in [0.4, 0.5) is 0 Å². The molecule has 0 aliphatic heterocycles. The number of hydrogen-bond donors (Lipinski definition) is 1. The Morgan fingerprint density at radius 1 is 1.15 bits per heavy atom. The molecule has 0 atom stereocenters. The maximum atomic E-state index is 11.3. The minimum atomic E-state index is -0.415. The van der Waals surface area contributed by atoms with Gasteiger partial charge in [0.1, 0.15) is 12.4 Å². The molecule has 0 bridgehead atoms. The summed E-state index contributed by atoms with van der Waals surface area (Å²) in [4.78, 5) is 15.9. The van der Waals surface area contributed by atoms with E-state index >= 15 is 0 Å². The average molecular weight is 286 g/mol. The summed E-state index contributed by atoms with van der Waals surface area (Å²) in [6.07, 6.45) is 0. The van der Waals surface area contributed by atoms with E-state index in [1.807, 2.05) is 42.5 Å². The zero-order valence-electron chi connectivity index (χ0n) is 10.6. The van der Waals surface area contributed by atoms with E-state index in [0.717, 1.165) is 16.6 Å². The maximum absolute atomic E-state index is 11.3. The first-order chi connectivity index (χ1) is 9.66. The number of imidazole rings is 1. The Morgan fingerprint density at radius 2 is 1.85 bits per heavy atom. The number of fused-ring (bicyclic) bond motifs is 1. The highest BCUT2D eigenvalue weighted by Gasteiger charge is 2.15. The number of para-hydroxylation sites is 2. The second kappa shape index (κ2) is 4.98.